The van der Waals surface area contributed by atoms with Crippen molar-refractivity contribution in [3.05, 3.63) is 59.7 Å². The van der Waals surface area contributed by atoms with Gasteiger partial charge in [-0.05, 0) is 49.7 Å². The Hall–Kier alpha value is -2.53. The van der Waals surface area contributed by atoms with Gasteiger partial charge in [0.05, 0.1) is 13.0 Å². The van der Waals surface area contributed by atoms with Gasteiger partial charge in [-0.2, -0.15) is 0 Å². The van der Waals surface area contributed by atoms with Crippen LogP contribution in [-0.4, -0.2) is 42.2 Å². The molecule has 0 unspecified atom stereocenters. The van der Waals surface area contributed by atoms with E-state index in [0.717, 1.165) is 49.6 Å². The van der Waals surface area contributed by atoms with Crippen LogP contribution in [0.25, 0.3) is 0 Å². The number of carboxylic acid groups (broad SMARTS) is 1. The minimum Gasteiger partial charge on any atom is -0.492 e. The molecular weight excluding hydrogens is 342 g/mol. The van der Waals surface area contributed by atoms with Crippen molar-refractivity contribution in [3.8, 4) is 11.5 Å². The molecule has 142 valence electrons. The van der Waals surface area contributed by atoms with Crippen LogP contribution < -0.4 is 9.47 Å². The summed E-state index contributed by atoms with van der Waals surface area (Å²) in [7, 11) is 0. The van der Waals surface area contributed by atoms with Gasteiger partial charge in [0, 0.05) is 17.5 Å². The molecule has 27 heavy (non-hydrogen) atoms. The number of carboxylic acids is 1. The van der Waals surface area contributed by atoms with Crippen LogP contribution in [0.5, 0.6) is 11.5 Å². The number of likely N-dealkylation sites (tertiary alicyclic amines) is 1. The van der Waals surface area contributed by atoms with Crippen molar-refractivity contribution in [2.24, 2.45) is 0 Å². The Kier molecular flexibility index (Phi) is 5.03. The second-order valence-corrected chi connectivity index (χ2v) is 7.49. The third-order valence-corrected chi connectivity index (χ3v) is 5.73. The largest absolute Gasteiger partial charge is 0.492 e. The number of para-hydroxylation sites is 1. The summed E-state index contributed by atoms with van der Waals surface area (Å²) in [5.41, 5.74) is 2.48. The first-order valence-electron chi connectivity index (χ1n) is 9.53. The second kappa shape index (κ2) is 7.61. The molecule has 0 radical (unpaired) electrons. The molecule has 1 spiro atoms. The highest BCUT2D eigenvalue weighted by molar-refractivity contribution is 5.66. The summed E-state index contributed by atoms with van der Waals surface area (Å²) in [6.07, 6.45) is 2.24. The number of piperidine rings is 1. The Morgan fingerprint density at radius 2 is 1.93 bits per heavy atom. The summed E-state index contributed by atoms with van der Waals surface area (Å²) in [6, 6.07) is 16.2. The van der Waals surface area contributed by atoms with Gasteiger partial charge in [-0.25, -0.2) is 0 Å². The number of hydrogen-bond acceptors (Lipinski definition) is 4. The number of rotatable bonds is 6. The number of benzene rings is 2. The SMILES string of the molecule is O=C(O)CCN1CCC2(CC1)COc1cc(COc3ccccc3)ccc12. The molecule has 1 fully saturated rings. The molecule has 1 N–H and O–H groups in total. The Morgan fingerprint density at radius 3 is 2.67 bits per heavy atom. The maximum atomic E-state index is 10.8. The molecule has 0 atom stereocenters. The number of carbonyl (C=O) groups is 1. The summed E-state index contributed by atoms with van der Waals surface area (Å²) in [5.74, 6) is 1.11. The van der Waals surface area contributed by atoms with Gasteiger partial charge < -0.3 is 19.5 Å². The van der Waals surface area contributed by atoms with Gasteiger partial charge in [0.15, 0.2) is 0 Å². The van der Waals surface area contributed by atoms with E-state index in [2.05, 4.69) is 23.1 Å². The first-order chi connectivity index (χ1) is 13.1. The van der Waals surface area contributed by atoms with E-state index in [1.807, 2.05) is 30.3 Å². The summed E-state index contributed by atoms with van der Waals surface area (Å²) >= 11 is 0. The van der Waals surface area contributed by atoms with E-state index in [-0.39, 0.29) is 11.8 Å². The fraction of sp³-hybridized carbons (Fsp3) is 0.409. The van der Waals surface area contributed by atoms with Crippen molar-refractivity contribution in [2.45, 2.75) is 31.3 Å². The quantitative estimate of drug-likeness (QED) is 0.847. The van der Waals surface area contributed by atoms with Crippen LogP contribution in [0.4, 0.5) is 0 Å². The van der Waals surface area contributed by atoms with Crippen molar-refractivity contribution in [1.29, 1.82) is 0 Å². The fourth-order valence-electron chi connectivity index (χ4n) is 4.06. The van der Waals surface area contributed by atoms with Crippen molar-refractivity contribution >= 4 is 5.97 Å². The molecule has 0 bridgehead atoms. The fourth-order valence-corrected chi connectivity index (χ4v) is 4.06. The summed E-state index contributed by atoms with van der Waals surface area (Å²) in [6.45, 7) is 3.73. The topological polar surface area (TPSA) is 59.0 Å². The average molecular weight is 367 g/mol. The zero-order chi connectivity index (χ0) is 18.7. The number of fused-ring (bicyclic) bond motifs is 2. The van der Waals surface area contributed by atoms with Crippen LogP contribution in [0.1, 0.15) is 30.4 Å². The van der Waals surface area contributed by atoms with Gasteiger partial charge in [-0.3, -0.25) is 4.79 Å². The lowest BCUT2D eigenvalue weighted by molar-refractivity contribution is -0.137. The minimum atomic E-state index is -0.727. The van der Waals surface area contributed by atoms with Gasteiger partial charge in [0.2, 0.25) is 0 Å². The number of hydrogen-bond donors (Lipinski definition) is 1. The molecular formula is C22H25NO4. The highest BCUT2D eigenvalue weighted by Crippen LogP contribution is 2.45. The smallest absolute Gasteiger partial charge is 0.304 e. The predicted octanol–water partition coefficient (Wildman–Crippen LogP) is 3.47. The summed E-state index contributed by atoms with van der Waals surface area (Å²) in [5, 5.41) is 8.86. The van der Waals surface area contributed by atoms with Crippen molar-refractivity contribution in [1.82, 2.24) is 4.90 Å². The first kappa shape index (κ1) is 17.9. The summed E-state index contributed by atoms with van der Waals surface area (Å²) in [4.78, 5) is 13.0. The maximum Gasteiger partial charge on any atom is 0.304 e. The molecule has 0 aromatic heterocycles. The predicted molar refractivity (Wildman–Crippen MR) is 102 cm³/mol. The highest BCUT2D eigenvalue weighted by Gasteiger charge is 2.42. The molecule has 4 rings (SSSR count). The lowest BCUT2D eigenvalue weighted by Gasteiger charge is -2.38. The van der Waals surface area contributed by atoms with Crippen LogP contribution in [0.3, 0.4) is 0 Å². The Balaban J connectivity index is 1.39. The van der Waals surface area contributed by atoms with E-state index in [0.29, 0.717) is 13.2 Å². The number of ether oxygens (including phenoxy) is 2. The normalized spacial score (nSPS) is 18.1. The third kappa shape index (κ3) is 3.93. The monoisotopic (exact) mass is 367 g/mol. The Labute approximate surface area is 159 Å². The van der Waals surface area contributed by atoms with Crippen molar-refractivity contribution in [2.75, 3.05) is 26.2 Å². The van der Waals surface area contributed by atoms with Gasteiger partial charge >= 0.3 is 5.97 Å². The van der Waals surface area contributed by atoms with Crippen LogP contribution in [0, 0.1) is 0 Å². The van der Waals surface area contributed by atoms with Crippen LogP contribution >= 0.6 is 0 Å². The molecule has 0 saturated carbocycles. The van der Waals surface area contributed by atoms with E-state index in [1.165, 1.54) is 5.56 Å². The Bertz CT molecular complexity index is 797. The van der Waals surface area contributed by atoms with Crippen LogP contribution in [-0.2, 0) is 16.8 Å². The van der Waals surface area contributed by atoms with E-state index >= 15 is 0 Å². The molecule has 2 aromatic carbocycles. The third-order valence-electron chi connectivity index (χ3n) is 5.73. The molecule has 5 nitrogen and oxygen atoms in total. The van der Waals surface area contributed by atoms with E-state index in [9.17, 15) is 4.79 Å². The van der Waals surface area contributed by atoms with Gasteiger partial charge in [0.25, 0.3) is 0 Å². The lowest BCUT2D eigenvalue weighted by Crippen LogP contribution is -2.44. The molecule has 1 saturated heterocycles. The molecule has 2 aliphatic heterocycles. The standard InChI is InChI=1S/C22H25NO4/c24-21(25)8-11-23-12-9-22(10-13-23)16-27-20-14-17(6-7-19(20)22)15-26-18-4-2-1-3-5-18/h1-7,14H,8-13,15-16H2,(H,24,25). The minimum absolute atomic E-state index is 0.0773. The van der Waals surface area contributed by atoms with E-state index < -0.39 is 5.97 Å². The molecule has 2 aromatic rings. The molecule has 0 amide bonds. The zero-order valence-corrected chi connectivity index (χ0v) is 15.4. The van der Waals surface area contributed by atoms with Crippen molar-refractivity contribution in [3.63, 3.8) is 0 Å². The van der Waals surface area contributed by atoms with Crippen molar-refractivity contribution < 1.29 is 19.4 Å². The van der Waals surface area contributed by atoms with Crippen LogP contribution in [0.15, 0.2) is 48.5 Å². The average Bonchev–Trinajstić information content (AvgIpc) is 3.04. The molecule has 5 heteroatoms. The van der Waals surface area contributed by atoms with E-state index in [4.69, 9.17) is 14.6 Å². The molecule has 0 aliphatic carbocycles. The summed E-state index contributed by atoms with van der Waals surface area (Å²) < 4.78 is 11.9. The first-order valence-corrected chi connectivity index (χ1v) is 9.53. The Morgan fingerprint density at radius 1 is 1.15 bits per heavy atom. The molecule has 2 aliphatic rings. The highest BCUT2D eigenvalue weighted by atomic mass is 16.5. The van der Waals surface area contributed by atoms with Gasteiger partial charge in [0.1, 0.15) is 18.1 Å². The number of nitrogens with zero attached hydrogens (tertiary/aromatic N) is 1. The van der Waals surface area contributed by atoms with Crippen LogP contribution in [0.2, 0.25) is 0 Å². The maximum absolute atomic E-state index is 10.8. The zero-order valence-electron chi connectivity index (χ0n) is 15.4. The number of aliphatic carboxylic acids is 1. The second-order valence-electron chi connectivity index (χ2n) is 7.49. The van der Waals surface area contributed by atoms with E-state index in [1.54, 1.807) is 0 Å². The van der Waals surface area contributed by atoms with Gasteiger partial charge in [-0.1, -0.05) is 30.3 Å². The van der Waals surface area contributed by atoms with Gasteiger partial charge in [-0.15, -0.1) is 0 Å². The molecule has 2 heterocycles. The lowest BCUT2D eigenvalue weighted by atomic mass is 9.74.